The molecule has 0 fully saturated rings. The summed E-state index contributed by atoms with van der Waals surface area (Å²) in [6.45, 7) is 4.50. The van der Waals surface area contributed by atoms with E-state index in [2.05, 4.69) is 18.8 Å². The van der Waals surface area contributed by atoms with Gasteiger partial charge in [-0.25, -0.2) is 0 Å². The Labute approximate surface area is 96.0 Å². The van der Waals surface area contributed by atoms with Crippen LogP contribution >= 0.6 is 0 Å². The van der Waals surface area contributed by atoms with Crippen molar-refractivity contribution in [2.75, 3.05) is 12.3 Å². The molecule has 4 N–H and O–H groups in total. The smallest absolute Gasteiger partial charge is 0.170 e. The number of hydrogen-bond acceptors (Lipinski definition) is 4. The van der Waals surface area contributed by atoms with Gasteiger partial charge in [0.2, 0.25) is 0 Å². The van der Waals surface area contributed by atoms with Crippen LogP contribution in [0.3, 0.4) is 0 Å². The lowest BCUT2D eigenvalue weighted by molar-refractivity contribution is 0.0909. The molecule has 1 atom stereocenters. The minimum Gasteiger partial charge on any atom is -0.398 e. The van der Waals surface area contributed by atoms with Crippen molar-refractivity contribution in [2.45, 2.75) is 20.3 Å². The minimum atomic E-state index is -0.161. The summed E-state index contributed by atoms with van der Waals surface area (Å²) in [5.41, 5.74) is 12.3. The molecule has 1 heterocycles. The van der Waals surface area contributed by atoms with Crippen molar-refractivity contribution < 1.29 is 4.79 Å². The number of carbonyl (C=O) groups excluding carboxylic acids is 1. The highest BCUT2D eigenvalue weighted by Gasteiger charge is 2.21. The first-order valence-electron chi connectivity index (χ1n) is 5.50. The number of ketones is 1. The number of anilines is 1. The Bertz CT molecular complexity index is 363. The van der Waals surface area contributed by atoms with Crippen LogP contribution in [0.5, 0.6) is 0 Å². The minimum absolute atomic E-state index is 0.00167. The van der Waals surface area contributed by atoms with Crippen molar-refractivity contribution in [3.8, 4) is 0 Å². The van der Waals surface area contributed by atoms with E-state index in [-0.39, 0.29) is 11.7 Å². The van der Waals surface area contributed by atoms with Crippen LogP contribution in [0.15, 0.2) is 18.5 Å². The second-order valence-corrected chi connectivity index (χ2v) is 4.39. The lowest BCUT2D eigenvalue weighted by Crippen LogP contribution is -2.26. The third kappa shape index (κ3) is 3.03. The van der Waals surface area contributed by atoms with E-state index >= 15 is 0 Å². The van der Waals surface area contributed by atoms with Gasteiger partial charge in [-0.05, 0) is 18.4 Å². The summed E-state index contributed by atoms with van der Waals surface area (Å²) in [5.74, 6) is 0.281. The van der Waals surface area contributed by atoms with Crippen LogP contribution in [-0.4, -0.2) is 17.3 Å². The number of carbonyl (C=O) groups is 1. The molecule has 16 heavy (non-hydrogen) atoms. The fraction of sp³-hybridized carbons (Fsp3) is 0.500. The SMILES string of the molecule is CC(C)CC(CN)C(=O)c1cnccc1N. The molecule has 0 aromatic carbocycles. The lowest BCUT2D eigenvalue weighted by Gasteiger charge is -2.16. The van der Waals surface area contributed by atoms with E-state index in [1.54, 1.807) is 12.3 Å². The highest BCUT2D eigenvalue weighted by atomic mass is 16.1. The number of hydrogen-bond donors (Lipinski definition) is 2. The van der Waals surface area contributed by atoms with E-state index in [9.17, 15) is 4.79 Å². The number of nitrogens with zero attached hydrogens (tertiary/aromatic N) is 1. The van der Waals surface area contributed by atoms with Gasteiger partial charge in [0.1, 0.15) is 0 Å². The molecule has 0 spiro atoms. The Kier molecular flexibility index (Phi) is 4.43. The second-order valence-electron chi connectivity index (χ2n) is 4.39. The van der Waals surface area contributed by atoms with Crippen LogP contribution in [0.1, 0.15) is 30.6 Å². The van der Waals surface area contributed by atoms with Gasteiger partial charge in [-0.2, -0.15) is 0 Å². The van der Waals surface area contributed by atoms with Gasteiger partial charge in [-0.1, -0.05) is 13.8 Å². The molecule has 1 aromatic rings. The molecule has 0 aliphatic heterocycles. The first-order valence-corrected chi connectivity index (χ1v) is 5.50. The molecular weight excluding hydrogens is 202 g/mol. The molecule has 1 aromatic heterocycles. The van der Waals surface area contributed by atoms with Gasteiger partial charge in [0, 0.05) is 30.5 Å². The van der Waals surface area contributed by atoms with Gasteiger partial charge in [0.25, 0.3) is 0 Å². The summed E-state index contributed by atoms with van der Waals surface area (Å²) < 4.78 is 0. The topological polar surface area (TPSA) is 82.0 Å². The molecule has 0 saturated heterocycles. The van der Waals surface area contributed by atoms with Gasteiger partial charge < -0.3 is 11.5 Å². The van der Waals surface area contributed by atoms with Crippen LogP contribution < -0.4 is 11.5 Å². The van der Waals surface area contributed by atoms with Gasteiger partial charge in [0.05, 0.1) is 5.56 Å². The van der Waals surface area contributed by atoms with Crippen LogP contribution in [0, 0.1) is 11.8 Å². The number of pyridine rings is 1. The largest absolute Gasteiger partial charge is 0.398 e. The molecule has 1 rings (SSSR count). The summed E-state index contributed by atoms with van der Waals surface area (Å²) in [7, 11) is 0. The maximum atomic E-state index is 12.1. The number of rotatable bonds is 5. The van der Waals surface area contributed by atoms with E-state index in [0.29, 0.717) is 23.7 Å². The number of nitrogens with two attached hydrogens (primary N) is 2. The van der Waals surface area contributed by atoms with Gasteiger partial charge in [-0.15, -0.1) is 0 Å². The number of nitrogen functional groups attached to an aromatic ring is 1. The van der Waals surface area contributed by atoms with Gasteiger partial charge >= 0.3 is 0 Å². The zero-order chi connectivity index (χ0) is 12.1. The standard InChI is InChI=1S/C12H19N3O/c1-8(2)5-9(6-13)12(16)10-7-15-4-3-11(10)14/h3-4,7-9H,5-6,13H2,1-2H3,(H2,14,15). The van der Waals surface area contributed by atoms with E-state index in [1.807, 2.05) is 0 Å². The predicted octanol–water partition coefficient (Wildman–Crippen LogP) is 1.47. The average Bonchev–Trinajstić information content (AvgIpc) is 2.25. The Balaban J connectivity index is 2.87. The first-order chi connectivity index (χ1) is 7.56. The monoisotopic (exact) mass is 221 g/mol. The van der Waals surface area contributed by atoms with Crippen LogP contribution in [0.4, 0.5) is 5.69 Å². The first kappa shape index (κ1) is 12.6. The van der Waals surface area contributed by atoms with Crippen molar-refractivity contribution >= 4 is 11.5 Å². The maximum Gasteiger partial charge on any atom is 0.170 e. The quantitative estimate of drug-likeness (QED) is 0.737. The highest BCUT2D eigenvalue weighted by molar-refractivity contribution is 6.02. The Morgan fingerprint density at radius 2 is 2.19 bits per heavy atom. The van der Waals surface area contributed by atoms with Crippen molar-refractivity contribution in [2.24, 2.45) is 17.6 Å². The predicted molar refractivity (Wildman–Crippen MR) is 65.0 cm³/mol. The molecule has 0 radical (unpaired) electrons. The average molecular weight is 221 g/mol. The van der Waals surface area contributed by atoms with E-state index in [4.69, 9.17) is 11.5 Å². The van der Waals surface area contributed by atoms with Crippen LogP contribution in [0.25, 0.3) is 0 Å². The van der Waals surface area contributed by atoms with Crippen molar-refractivity contribution in [1.29, 1.82) is 0 Å². The van der Waals surface area contributed by atoms with Crippen molar-refractivity contribution in [3.63, 3.8) is 0 Å². The highest BCUT2D eigenvalue weighted by Crippen LogP contribution is 2.19. The van der Waals surface area contributed by atoms with Crippen LogP contribution in [0.2, 0.25) is 0 Å². The molecule has 0 amide bonds. The van der Waals surface area contributed by atoms with Crippen molar-refractivity contribution in [3.05, 3.63) is 24.0 Å². The molecule has 0 aliphatic carbocycles. The molecule has 4 heteroatoms. The summed E-state index contributed by atoms with van der Waals surface area (Å²) in [6, 6.07) is 1.64. The summed E-state index contributed by atoms with van der Waals surface area (Å²) >= 11 is 0. The van der Waals surface area contributed by atoms with Crippen LogP contribution in [-0.2, 0) is 0 Å². The van der Waals surface area contributed by atoms with Gasteiger partial charge in [0.15, 0.2) is 5.78 Å². The molecule has 4 nitrogen and oxygen atoms in total. The van der Waals surface area contributed by atoms with E-state index < -0.39 is 0 Å². The number of Topliss-reactive ketones (excluding diaryl/α,β-unsaturated/α-hetero) is 1. The molecular formula is C12H19N3O. The molecule has 0 aliphatic rings. The van der Waals surface area contributed by atoms with Crippen molar-refractivity contribution in [1.82, 2.24) is 4.98 Å². The third-order valence-corrected chi connectivity index (χ3v) is 2.53. The molecule has 88 valence electrons. The molecule has 0 saturated carbocycles. The summed E-state index contributed by atoms with van der Waals surface area (Å²) in [5, 5.41) is 0. The lowest BCUT2D eigenvalue weighted by atomic mass is 9.90. The normalized spacial score (nSPS) is 12.8. The third-order valence-electron chi connectivity index (χ3n) is 2.53. The number of aromatic nitrogens is 1. The maximum absolute atomic E-state index is 12.1. The van der Waals surface area contributed by atoms with E-state index in [0.717, 1.165) is 6.42 Å². The summed E-state index contributed by atoms with van der Waals surface area (Å²) in [6.07, 6.45) is 3.87. The zero-order valence-corrected chi connectivity index (χ0v) is 9.81. The van der Waals surface area contributed by atoms with E-state index in [1.165, 1.54) is 6.20 Å². The molecule has 0 bridgehead atoms. The Hall–Kier alpha value is -1.42. The second kappa shape index (κ2) is 5.61. The Morgan fingerprint density at radius 3 is 2.69 bits per heavy atom. The Morgan fingerprint density at radius 1 is 1.50 bits per heavy atom. The zero-order valence-electron chi connectivity index (χ0n) is 9.81. The van der Waals surface area contributed by atoms with Gasteiger partial charge in [-0.3, -0.25) is 9.78 Å². The summed E-state index contributed by atoms with van der Waals surface area (Å²) in [4.78, 5) is 16.1. The fourth-order valence-electron chi connectivity index (χ4n) is 1.71. The fourth-order valence-corrected chi connectivity index (χ4v) is 1.71. The molecule has 1 unspecified atom stereocenters.